The number of aliphatic carboxylic acids is 1. The van der Waals surface area contributed by atoms with Crippen molar-refractivity contribution in [1.29, 1.82) is 0 Å². The van der Waals surface area contributed by atoms with E-state index >= 15 is 0 Å². The summed E-state index contributed by atoms with van der Waals surface area (Å²) in [6.45, 7) is 4.03. The third kappa shape index (κ3) is 4.31. The van der Waals surface area contributed by atoms with Crippen LogP contribution in [-0.4, -0.2) is 17.7 Å². The van der Waals surface area contributed by atoms with Gasteiger partial charge in [-0.25, -0.2) is 0 Å². The maximum Gasteiger partial charge on any atom is 0.303 e. The molecule has 0 amide bonds. The lowest BCUT2D eigenvalue weighted by Gasteiger charge is -2.04. The zero-order valence-electron chi connectivity index (χ0n) is 8.48. The van der Waals surface area contributed by atoms with Crippen LogP contribution < -0.4 is 4.74 Å². The summed E-state index contributed by atoms with van der Waals surface area (Å²) < 4.78 is 5.30. The van der Waals surface area contributed by atoms with Crippen LogP contribution in [0.2, 0.25) is 0 Å². The third-order valence-corrected chi connectivity index (χ3v) is 1.92. The van der Waals surface area contributed by atoms with E-state index in [1.807, 2.05) is 24.3 Å². The quantitative estimate of drug-likeness (QED) is 0.726. The zero-order valence-corrected chi connectivity index (χ0v) is 8.48. The van der Waals surface area contributed by atoms with E-state index in [0.717, 1.165) is 11.3 Å². The van der Waals surface area contributed by atoms with Crippen molar-refractivity contribution in [2.24, 2.45) is 0 Å². The van der Waals surface area contributed by atoms with Crippen molar-refractivity contribution in [3.63, 3.8) is 0 Å². The summed E-state index contributed by atoms with van der Waals surface area (Å²) in [6, 6.07) is 7.42. The highest BCUT2D eigenvalue weighted by Crippen LogP contribution is 2.13. The molecule has 0 atom stereocenters. The molecule has 3 nitrogen and oxygen atoms in total. The summed E-state index contributed by atoms with van der Waals surface area (Å²) in [7, 11) is 0. The highest BCUT2D eigenvalue weighted by molar-refractivity contribution is 5.67. The van der Waals surface area contributed by atoms with Gasteiger partial charge in [0, 0.05) is 6.42 Å². The number of rotatable bonds is 6. The summed E-state index contributed by atoms with van der Waals surface area (Å²) in [5.74, 6) is -0.00374. The monoisotopic (exact) mass is 206 g/mol. The second-order valence-corrected chi connectivity index (χ2v) is 3.14. The molecule has 1 rings (SSSR count). The summed E-state index contributed by atoms with van der Waals surface area (Å²) in [4.78, 5) is 10.3. The maximum atomic E-state index is 10.3. The fraction of sp³-hybridized carbons (Fsp3) is 0.250. The Morgan fingerprint density at radius 2 is 2.07 bits per heavy atom. The van der Waals surface area contributed by atoms with Gasteiger partial charge in [0.25, 0.3) is 0 Å². The molecular weight excluding hydrogens is 192 g/mol. The second kappa shape index (κ2) is 5.86. The minimum Gasteiger partial charge on any atom is -0.490 e. The molecule has 3 heteroatoms. The topological polar surface area (TPSA) is 46.5 Å². The van der Waals surface area contributed by atoms with Crippen molar-refractivity contribution in [2.75, 3.05) is 6.61 Å². The van der Waals surface area contributed by atoms with Gasteiger partial charge in [-0.1, -0.05) is 24.8 Å². The highest BCUT2D eigenvalue weighted by atomic mass is 16.5. The smallest absolute Gasteiger partial charge is 0.303 e. The van der Waals surface area contributed by atoms with Crippen LogP contribution in [0, 0.1) is 0 Å². The molecule has 1 aromatic rings. The van der Waals surface area contributed by atoms with Gasteiger partial charge in [-0.3, -0.25) is 4.79 Å². The average molecular weight is 206 g/mol. The van der Waals surface area contributed by atoms with Gasteiger partial charge in [0.1, 0.15) is 12.4 Å². The number of benzene rings is 1. The summed E-state index contributed by atoms with van der Waals surface area (Å²) >= 11 is 0. The van der Waals surface area contributed by atoms with E-state index in [0.29, 0.717) is 13.0 Å². The Morgan fingerprint density at radius 3 is 2.60 bits per heavy atom. The van der Waals surface area contributed by atoms with Crippen molar-refractivity contribution in [3.05, 3.63) is 42.5 Å². The molecule has 0 bridgehead atoms. The maximum absolute atomic E-state index is 10.3. The van der Waals surface area contributed by atoms with E-state index in [2.05, 4.69) is 6.58 Å². The van der Waals surface area contributed by atoms with E-state index in [1.165, 1.54) is 0 Å². The van der Waals surface area contributed by atoms with E-state index < -0.39 is 5.97 Å². The third-order valence-electron chi connectivity index (χ3n) is 1.92. The number of aryl methyl sites for hydroxylation is 1. The van der Waals surface area contributed by atoms with E-state index in [-0.39, 0.29) is 6.42 Å². The minimum absolute atomic E-state index is 0.160. The number of hydrogen-bond donors (Lipinski definition) is 1. The molecule has 0 aliphatic carbocycles. The predicted molar refractivity (Wildman–Crippen MR) is 58.1 cm³/mol. The molecule has 0 saturated carbocycles. The van der Waals surface area contributed by atoms with Gasteiger partial charge >= 0.3 is 5.97 Å². The minimum atomic E-state index is -0.776. The Hall–Kier alpha value is -1.77. The molecule has 0 fully saturated rings. The molecule has 0 heterocycles. The zero-order chi connectivity index (χ0) is 11.1. The van der Waals surface area contributed by atoms with Gasteiger partial charge < -0.3 is 9.84 Å². The Balaban J connectivity index is 2.48. The Labute approximate surface area is 89.0 Å². The standard InChI is InChI=1S/C12H14O3/c1-2-9-15-11-6-3-10(4-7-11)5-8-12(13)14/h2-4,6-7H,1,5,8-9H2,(H,13,14). The molecule has 0 aliphatic heterocycles. The molecule has 1 aromatic carbocycles. The number of hydrogen-bond acceptors (Lipinski definition) is 2. The predicted octanol–water partition coefficient (Wildman–Crippen LogP) is 2.27. The SMILES string of the molecule is C=CCOc1ccc(CCC(=O)O)cc1. The van der Waals surface area contributed by atoms with E-state index in [1.54, 1.807) is 6.08 Å². The molecule has 80 valence electrons. The molecular formula is C12H14O3. The molecule has 0 unspecified atom stereocenters. The van der Waals surface area contributed by atoms with Crippen LogP contribution in [0.3, 0.4) is 0 Å². The van der Waals surface area contributed by atoms with Gasteiger partial charge in [0.2, 0.25) is 0 Å². The van der Waals surface area contributed by atoms with Crippen molar-refractivity contribution >= 4 is 5.97 Å². The first-order chi connectivity index (χ1) is 7.22. The summed E-state index contributed by atoms with van der Waals surface area (Å²) in [5.41, 5.74) is 1.00. The van der Waals surface area contributed by atoms with Crippen molar-refractivity contribution in [1.82, 2.24) is 0 Å². The molecule has 15 heavy (non-hydrogen) atoms. The first-order valence-corrected chi connectivity index (χ1v) is 4.77. The van der Waals surface area contributed by atoms with Crippen molar-refractivity contribution in [3.8, 4) is 5.75 Å². The Kier molecular flexibility index (Phi) is 4.41. The number of carboxylic acids is 1. The average Bonchev–Trinajstić information content (AvgIpc) is 2.25. The Morgan fingerprint density at radius 1 is 1.40 bits per heavy atom. The highest BCUT2D eigenvalue weighted by Gasteiger charge is 1.99. The van der Waals surface area contributed by atoms with Gasteiger partial charge in [-0.2, -0.15) is 0 Å². The van der Waals surface area contributed by atoms with Crippen LogP contribution in [0.15, 0.2) is 36.9 Å². The lowest BCUT2D eigenvalue weighted by Crippen LogP contribution is -1.97. The fourth-order valence-corrected chi connectivity index (χ4v) is 1.16. The molecule has 1 N–H and O–H groups in total. The normalized spacial score (nSPS) is 9.60. The van der Waals surface area contributed by atoms with Gasteiger partial charge in [-0.15, -0.1) is 0 Å². The van der Waals surface area contributed by atoms with Crippen molar-refractivity contribution < 1.29 is 14.6 Å². The molecule has 0 radical (unpaired) electrons. The first kappa shape index (κ1) is 11.3. The molecule has 0 spiro atoms. The molecule has 0 saturated heterocycles. The fourth-order valence-electron chi connectivity index (χ4n) is 1.16. The van der Waals surface area contributed by atoms with Crippen LogP contribution in [-0.2, 0) is 11.2 Å². The van der Waals surface area contributed by atoms with E-state index in [9.17, 15) is 4.79 Å². The largest absolute Gasteiger partial charge is 0.490 e. The van der Waals surface area contributed by atoms with Crippen LogP contribution >= 0.6 is 0 Å². The number of carboxylic acid groups (broad SMARTS) is 1. The van der Waals surface area contributed by atoms with Crippen LogP contribution in [0.25, 0.3) is 0 Å². The Bertz CT molecular complexity index is 327. The first-order valence-electron chi connectivity index (χ1n) is 4.77. The van der Waals surface area contributed by atoms with Crippen LogP contribution in [0.5, 0.6) is 5.75 Å². The second-order valence-electron chi connectivity index (χ2n) is 3.14. The van der Waals surface area contributed by atoms with E-state index in [4.69, 9.17) is 9.84 Å². The van der Waals surface area contributed by atoms with Gasteiger partial charge in [0.05, 0.1) is 0 Å². The summed E-state index contributed by atoms with van der Waals surface area (Å²) in [5, 5.41) is 8.51. The number of carbonyl (C=O) groups is 1. The van der Waals surface area contributed by atoms with Crippen LogP contribution in [0.4, 0.5) is 0 Å². The van der Waals surface area contributed by atoms with Crippen molar-refractivity contribution in [2.45, 2.75) is 12.8 Å². The lowest BCUT2D eigenvalue weighted by molar-refractivity contribution is -0.136. The summed E-state index contributed by atoms with van der Waals surface area (Å²) in [6.07, 6.45) is 2.39. The van der Waals surface area contributed by atoms with Crippen LogP contribution in [0.1, 0.15) is 12.0 Å². The van der Waals surface area contributed by atoms with Gasteiger partial charge in [-0.05, 0) is 24.1 Å². The van der Waals surface area contributed by atoms with Gasteiger partial charge in [0.15, 0.2) is 0 Å². The lowest BCUT2D eigenvalue weighted by atomic mass is 10.1. The molecule has 0 aromatic heterocycles. The molecule has 0 aliphatic rings. The number of ether oxygens (including phenoxy) is 1.